The fourth-order valence-electron chi connectivity index (χ4n) is 2.41. The average molecular weight is 389 g/mol. The van der Waals surface area contributed by atoms with E-state index in [0.717, 1.165) is 0 Å². The van der Waals surface area contributed by atoms with Crippen molar-refractivity contribution in [2.75, 3.05) is 0 Å². The highest BCUT2D eigenvalue weighted by atomic mass is 79.9. The smallest absolute Gasteiger partial charge is 0.341 e. The summed E-state index contributed by atoms with van der Waals surface area (Å²) in [5.41, 5.74) is -0.359. The van der Waals surface area contributed by atoms with Gasteiger partial charge in [-0.15, -0.1) is 0 Å². The SMILES string of the molecule is O=C(O)c1cc2ccc(Br)cc2n(-c2ccc([N+](=O)[O-])cc2)c1=O. The first-order valence-electron chi connectivity index (χ1n) is 6.72. The molecule has 1 heterocycles. The number of benzene rings is 2. The Balaban J connectivity index is 2.38. The minimum Gasteiger partial charge on any atom is -0.477 e. The molecule has 7 nitrogen and oxygen atoms in total. The van der Waals surface area contributed by atoms with Crippen LogP contribution in [0.15, 0.2) is 57.8 Å². The molecular weight excluding hydrogens is 380 g/mol. The van der Waals surface area contributed by atoms with Crippen molar-refractivity contribution < 1.29 is 14.8 Å². The second-order valence-corrected chi connectivity index (χ2v) is 5.90. The molecule has 0 bridgehead atoms. The number of carboxylic acids is 1. The minimum atomic E-state index is -1.33. The van der Waals surface area contributed by atoms with E-state index < -0.39 is 16.5 Å². The van der Waals surface area contributed by atoms with Crippen LogP contribution in [-0.2, 0) is 0 Å². The molecular formula is C16H9BrN2O5. The predicted molar refractivity (Wildman–Crippen MR) is 90.9 cm³/mol. The van der Waals surface area contributed by atoms with E-state index in [9.17, 15) is 24.8 Å². The molecule has 3 aromatic rings. The van der Waals surface area contributed by atoms with Gasteiger partial charge in [-0.1, -0.05) is 22.0 Å². The lowest BCUT2D eigenvalue weighted by Gasteiger charge is -2.12. The number of aromatic carboxylic acids is 1. The van der Waals surface area contributed by atoms with Gasteiger partial charge in [-0.05, 0) is 35.7 Å². The van der Waals surface area contributed by atoms with Crippen LogP contribution in [0.4, 0.5) is 5.69 Å². The van der Waals surface area contributed by atoms with Crippen LogP contribution >= 0.6 is 15.9 Å². The van der Waals surface area contributed by atoms with Crippen molar-refractivity contribution in [2.45, 2.75) is 0 Å². The molecule has 0 aliphatic heterocycles. The molecule has 0 unspecified atom stereocenters. The molecule has 120 valence electrons. The van der Waals surface area contributed by atoms with Gasteiger partial charge in [-0.2, -0.15) is 0 Å². The molecule has 0 saturated carbocycles. The van der Waals surface area contributed by atoms with Crippen molar-refractivity contribution in [3.8, 4) is 5.69 Å². The number of aromatic nitrogens is 1. The maximum Gasteiger partial charge on any atom is 0.341 e. The summed E-state index contributed by atoms with van der Waals surface area (Å²) >= 11 is 3.32. The first kappa shape index (κ1) is 15.9. The molecule has 0 spiro atoms. The highest BCUT2D eigenvalue weighted by Crippen LogP contribution is 2.23. The summed E-state index contributed by atoms with van der Waals surface area (Å²) in [5.74, 6) is -1.33. The Morgan fingerprint density at radius 2 is 1.79 bits per heavy atom. The van der Waals surface area contributed by atoms with Crippen molar-refractivity contribution in [1.29, 1.82) is 0 Å². The third-order valence-corrected chi connectivity index (χ3v) is 4.01. The first-order valence-corrected chi connectivity index (χ1v) is 7.51. The number of fused-ring (bicyclic) bond motifs is 1. The molecule has 0 radical (unpaired) electrons. The summed E-state index contributed by atoms with van der Waals surface area (Å²) in [6, 6.07) is 11.8. The Hall–Kier alpha value is -3.00. The molecule has 2 aromatic carbocycles. The van der Waals surface area contributed by atoms with Crippen LogP contribution in [0.5, 0.6) is 0 Å². The van der Waals surface area contributed by atoms with Gasteiger partial charge in [-0.3, -0.25) is 19.5 Å². The zero-order chi connectivity index (χ0) is 17.4. The molecule has 0 atom stereocenters. The number of nitro benzene ring substituents is 1. The van der Waals surface area contributed by atoms with E-state index in [0.29, 0.717) is 21.1 Å². The van der Waals surface area contributed by atoms with Crippen LogP contribution in [-0.4, -0.2) is 20.6 Å². The molecule has 24 heavy (non-hydrogen) atoms. The molecule has 0 aliphatic rings. The van der Waals surface area contributed by atoms with E-state index in [4.69, 9.17) is 0 Å². The van der Waals surface area contributed by atoms with Gasteiger partial charge in [-0.25, -0.2) is 4.79 Å². The van der Waals surface area contributed by atoms with Gasteiger partial charge in [0.2, 0.25) is 0 Å². The summed E-state index contributed by atoms with van der Waals surface area (Å²) in [5, 5.41) is 20.6. The van der Waals surface area contributed by atoms with Crippen LogP contribution in [0.2, 0.25) is 0 Å². The Morgan fingerprint density at radius 3 is 2.38 bits per heavy atom. The maximum atomic E-state index is 12.6. The van der Waals surface area contributed by atoms with Crippen molar-refractivity contribution in [1.82, 2.24) is 4.57 Å². The fourth-order valence-corrected chi connectivity index (χ4v) is 2.76. The first-order chi connectivity index (χ1) is 11.4. The molecule has 0 fully saturated rings. The number of non-ortho nitro benzene ring substituents is 1. The zero-order valence-electron chi connectivity index (χ0n) is 12.0. The van der Waals surface area contributed by atoms with E-state index in [1.165, 1.54) is 34.9 Å². The van der Waals surface area contributed by atoms with Gasteiger partial charge >= 0.3 is 5.97 Å². The molecule has 0 aliphatic carbocycles. The number of rotatable bonds is 3. The third-order valence-electron chi connectivity index (χ3n) is 3.52. The number of nitrogens with zero attached hydrogens (tertiary/aromatic N) is 2. The van der Waals surface area contributed by atoms with Gasteiger partial charge < -0.3 is 5.11 Å². The van der Waals surface area contributed by atoms with E-state index in [2.05, 4.69) is 15.9 Å². The Bertz CT molecular complexity index is 1040. The molecule has 0 saturated heterocycles. The third kappa shape index (κ3) is 2.67. The number of halogens is 1. The topological polar surface area (TPSA) is 102 Å². The highest BCUT2D eigenvalue weighted by molar-refractivity contribution is 9.10. The minimum absolute atomic E-state index is 0.119. The zero-order valence-corrected chi connectivity index (χ0v) is 13.6. The van der Waals surface area contributed by atoms with E-state index in [1.54, 1.807) is 18.2 Å². The molecule has 8 heteroatoms. The van der Waals surface area contributed by atoms with Crippen molar-refractivity contribution in [2.24, 2.45) is 0 Å². The van der Waals surface area contributed by atoms with Crippen LogP contribution in [0, 0.1) is 10.1 Å². The number of nitro groups is 1. The van der Waals surface area contributed by atoms with E-state index in [1.807, 2.05) is 0 Å². The standard InChI is InChI=1S/C16H9BrN2O5/c17-10-2-1-9-7-13(16(21)22)15(20)18(14(9)8-10)11-3-5-12(6-4-11)19(23)24/h1-8H,(H,21,22). The number of hydrogen-bond acceptors (Lipinski definition) is 4. The lowest BCUT2D eigenvalue weighted by Crippen LogP contribution is -2.25. The van der Waals surface area contributed by atoms with Crippen molar-refractivity contribution >= 4 is 38.5 Å². The summed E-state index contributed by atoms with van der Waals surface area (Å²) < 4.78 is 1.95. The average Bonchev–Trinajstić information content (AvgIpc) is 2.54. The molecule has 1 N–H and O–H groups in total. The van der Waals surface area contributed by atoms with Crippen LogP contribution < -0.4 is 5.56 Å². The van der Waals surface area contributed by atoms with Gasteiger partial charge in [0.1, 0.15) is 5.56 Å². The van der Waals surface area contributed by atoms with Gasteiger partial charge in [0.25, 0.3) is 11.2 Å². The molecule has 0 amide bonds. The number of hydrogen-bond donors (Lipinski definition) is 1. The number of carbonyl (C=O) groups is 1. The van der Waals surface area contributed by atoms with Crippen LogP contribution in [0.3, 0.4) is 0 Å². The Morgan fingerprint density at radius 1 is 1.12 bits per heavy atom. The summed E-state index contributed by atoms with van der Waals surface area (Å²) in [7, 11) is 0. The summed E-state index contributed by atoms with van der Waals surface area (Å²) in [4.78, 5) is 34.2. The fraction of sp³-hybridized carbons (Fsp3) is 0. The van der Waals surface area contributed by atoms with E-state index in [-0.39, 0.29) is 11.3 Å². The maximum absolute atomic E-state index is 12.6. The summed E-state index contributed by atoms with van der Waals surface area (Å²) in [6.45, 7) is 0. The van der Waals surface area contributed by atoms with Crippen molar-refractivity contribution in [3.63, 3.8) is 0 Å². The predicted octanol–water partition coefficient (Wildman–Crippen LogP) is 3.36. The Labute approximate surface area is 143 Å². The van der Waals surface area contributed by atoms with Crippen molar-refractivity contribution in [3.05, 3.63) is 79.0 Å². The molecule has 3 rings (SSSR count). The second-order valence-electron chi connectivity index (χ2n) is 4.98. The normalized spacial score (nSPS) is 10.7. The van der Waals surface area contributed by atoms with E-state index >= 15 is 0 Å². The van der Waals surface area contributed by atoms with Crippen LogP contribution in [0.1, 0.15) is 10.4 Å². The van der Waals surface area contributed by atoms with Crippen LogP contribution in [0.25, 0.3) is 16.6 Å². The lowest BCUT2D eigenvalue weighted by atomic mass is 10.1. The highest BCUT2D eigenvalue weighted by Gasteiger charge is 2.16. The Kier molecular flexibility index (Phi) is 3.90. The number of pyridine rings is 1. The van der Waals surface area contributed by atoms with Gasteiger partial charge in [0, 0.05) is 22.3 Å². The largest absolute Gasteiger partial charge is 0.477 e. The van der Waals surface area contributed by atoms with Gasteiger partial charge in [0.05, 0.1) is 10.4 Å². The lowest BCUT2D eigenvalue weighted by molar-refractivity contribution is -0.384. The molecule has 1 aromatic heterocycles. The summed E-state index contributed by atoms with van der Waals surface area (Å²) in [6.07, 6.45) is 0. The second kappa shape index (κ2) is 5.89. The quantitative estimate of drug-likeness (QED) is 0.547. The monoisotopic (exact) mass is 388 g/mol. The number of carboxylic acid groups (broad SMARTS) is 1. The van der Waals surface area contributed by atoms with Gasteiger partial charge in [0.15, 0.2) is 0 Å².